The monoisotopic (exact) mass is 439 g/mol. The third kappa shape index (κ3) is 2.18. The Morgan fingerprint density at radius 2 is 1.89 bits per heavy atom. The molecule has 4 nitrogen and oxygen atoms in total. The number of hydrogen-bond acceptors (Lipinski definition) is 3. The zero-order valence-electron chi connectivity index (χ0n) is 15.6. The van der Waals surface area contributed by atoms with E-state index in [2.05, 4.69) is 35.1 Å². The van der Waals surface area contributed by atoms with Crippen molar-refractivity contribution in [1.29, 1.82) is 0 Å². The molecule has 2 aliphatic carbocycles. The summed E-state index contributed by atoms with van der Waals surface area (Å²) in [6.07, 6.45) is 1.64. The number of benzene rings is 2. The maximum atomic E-state index is 13.7. The molecule has 1 fully saturated rings. The molecule has 1 N–H and O–H groups in total. The van der Waals surface area contributed by atoms with Gasteiger partial charge in [0.2, 0.25) is 5.91 Å². The minimum Gasteiger partial charge on any atom is -0.324 e. The third-order valence-electron chi connectivity index (χ3n) is 6.68. The summed E-state index contributed by atoms with van der Waals surface area (Å²) in [6, 6.07) is 12.1. The fourth-order valence-electron chi connectivity index (χ4n) is 5.15. The second kappa shape index (κ2) is 5.83. The van der Waals surface area contributed by atoms with Gasteiger partial charge in [-0.15, -0.1) is 0 Å². The molecule has 1 saturated carbocycles. The molecule has 2 unspecified atom stereocenters. The highest BCUT2D eigenvalue weighted by Crippen LogP contribution is 2.67. The number of halogens is 2. The normalized spacial score (nSPS) is 24.4. The van der Waals surface area contributed by atoms with Crippen LogP contribution in [-0.4, -0.2) is 15.9 Å². The van der Waals surface area contributed by atoms with Gasteiger partial charge < -0.3 is 5.32 Å². The summed E-state index contributed by atoms with van der Waals surface area (Å²) < 4.78 is 14.0. The van der Waals surface area contributed by atoms with E-state index >= 15 is 0 Å². The molecule has 2 aliphatic rings. The van der Waals surface area contributed by atoms with E-state index in [1.165, 1.54) is 12.1 Å². The molecule has 3 aromatic rings. The number of nitrogens with one attached hydrogen (secondary N) is 1. The maximum absolute atomic E-state index is 13.7. The van der Waals surface area contributed by atoms with Crippen molar-refractivity contribution in [3.05, 3.63) is 64.1 Å². The first-order chi connectivity index (χ1) is 13.3. The van der Waals surface area contributed by atoms with Crippen LogP contribution in [0.2, 0.25) is 0 Å². The molecular weight excluding hydrogens is 421 g/mol. The van der Waals surface area contributed by atoms with Crippen molar-refractivity contribution in [1.82, 2.24) is 9.97 Å². The molecule has 6 heteroatoms. The molecule has 0 saturated heterocycles. The van der Waals surface area contributed by atoms with Crippen LogP contribution in [0.5, 0.6) is 0 Å². The average molecular weight is 440 g/mol. The van der Waals surface area contributed by atoms with Crippen LogP contribution in [-0.2, 0) is 10.2 Å². The van der Waals surface area contributed by atoms with Crippen LogP contribution in [0.3, 0.4) is 0 Å². The Morgan fingerprint density at radius 3 is 2.61 bits per heavy atom. The minimum atomic E-state index is -0.752. The van der Waals surface area contributed by atoms with Crippen LogP contribution in [0, 0.1) is 11.2 Å². The first kappa shape index (κ1) is 17.7. The summed E-state index contributed by atoms with van der Waals surface area (Å²) in [6.45, 7) is 4.27. The molecule has 28 heavy (non-hydrogen) atoms. The van der Waals surface area contributed by atoms with Crippen LogP contribution < -0.4 is 5.32 Å². The van der Waals surface area contributed by atoms with Gasteiger partial charge in [0, 0.05) is 10.4 Å². The van der Waals surface area contributed by atoms with Crippen LogP contribution >= 0.6 is 15.9 Å². The number of amides is 1. The predicted molar refractivity (Wildman–Crippen MR) is 110 cm³/mol. The minimum absolute atomic E-state index is 0.101. The highest BCUT2D eigenvalue weighted by atomic mass is 79.9. The van der Waals surface area contributed by atoms with Gasteiger partial charge in [-0.25, -0.2) is 14.4 Å². The standard InChI is InChI=1S/C22H19BrFN3O/c1-21(2)13-9-10-22(21,20(28)27-15-8-7-12(24)11-14(15)23)19-18(13)25-16-5-3-4-6-17(16)26-19/h3-8,11,13H,9-10H2,1-2H3,(H,27,28). The van der Waals surface area contributed by atoms with Crippen molar-refractivity contribution in [2.45, 2.75) is 38.0 Å². The zero-order chi connectivity index (χ0) is 19.7. The molecule has 0 aliphatic heterocycles. The van der Waals surface area contributed by atoms with Crippen molar-refractivity contribution >= 4 is 38.6 Å². The van der Waals surface area contributed by atoms with Gasteiger partial charge in [-0.1, -0.05) is 26.0 Å². The lowest BCUT2D eigenvalue weighted by molar-refractivity contribution is -0.124. The number of nitrogens with zero attached hydrogens (tertiary/aromatic N) is 2. The Morgan fingerprint density at radius 1 is 1.18 bits per heavy atom. The highest BCUT2D eigenvalue weighted by Gasteiger charge is 2.67. The van der Waals surface area contributed by atoms with Gasteiger partial charge in [-0.3, -0.25) is 4.79 Å². The topological polar surface area (TPSA) is 54.9 Å². The van der Waals surface area contributed by atoms with Gasteiger partial charge >= 0.3 is 0 Å². The second-order valence-electron chi connectivity index (χ2n) is 8.24. The van der Waals surface area contributed by atoms with Gasteiger partial charge in [0.25, 0.3) is 0 Å². The molecule has 2 atom stereocenters. The lowest BCUT2D eigenvalue weighted by atomic mass is 9.67. The summed E-state index contributed by atoms with van der Waals surface area (Å²) in [5.41, 5.74) is 2.91. The molecular formula is C22H19BrFN3O. The first-order valence-electron chi connectivity index (χ1n) is 9.38. The SMILES string of the molecule is CC1(C)C2CCC1(C(=O)Nc1ccc(F)cc1Br)c1nc3ccccc3nc12. The number of fused-ring (bicyclic) bond motifs is 6. The van der Waals surface area contributed by atoms with Crippen molar-refractivity contribution < 1.29 is 9.18 Å². The summed E-state index contributed by atoms with van der Waals surface area (Å²) in [4.78, 5) is 23.5. The quantitative estimate of drug-likeness (QED) is 0.587. The van der Waals surface area contributed by atoms with E-state index in [0.717, 1.165) is 35.3 Å². The van der Waals surface area contributed by atoms with Crippen LogP contribution in [0.1, 0.15) is 44.0 Å². The average Bonchev–Trinajstić information content (AvgIpc) is 3.04. The van der Waals surface area contributed by atoms with E-state index in [9.17, 15) is 9.18 Å². The lowest BCUT2D eigenvalue weighted by Gasteiger charge is -2.36. The van der Waals surface area contributed by atoms with E-state index in [1.807, 2.05) is 24.3 Å². The smallest absolute Gasteiger partial charge is 0.237 e. The number of carbonyl (C=O) groups is 1. The fraction of sp³-hybridized carbons (Fsp3) is 0.318. The number of para-hydroxylation sites is 2. The maximum Gasteiger partial charge on any atom is 0.237 e. The van der Waals surface area contributed by atoms with Gasteiger partial charge in [-0.05, 0) is 64.5 Å². The fourth-order valence-corrected chi connectivity index (χ4v) is 5.60. The lowest BCUT2D eigenvalue weighted by Crippen LogP contribution is -2.46. The molecule has 0 spiro atoms. The Bertz CT molecular complexity index is 1150. The van der Waals surface area contributed by atoms with Gasteiger partial charge in [0.05, 0.1) is 33.5 Å². The number of hydrogen-bond donors (Lipinski definition) is 1. The molecule has 0 radical (unpaired) electrons. The van der Waals surface area contributed by atoms with Crippen LogP contribution in [0.25, 0.3) is 11.0 Å². The van der Waals surface area contributed by atoms with Crippen LogP contribution in [0.15, 0.2) is 46.9 Å². The molecule has 1 heterocycles. The summed E-state index contributed by atoms with van der Waals surface area (Å²) >= 11 is 3.34. The van der Waals surface area contributed by atoms with Crippen molar-refractivity contribution in [3.8, 4) is 0 Å². The van der Waals surface area contributed by atoms with Crippen LogP contribution in [0.4, 0.5) is 10.1 Å². The molecule has 142 valence electrons. The van der Waals surface area contributed by atoms with E-state index in [-0.39, 0.29) is 23.1 Å². The Labute approximate surface area is 170 Å². The Kier molecular flexibility index (Phi) is 3.69. The molecule has 2 aromatic carbocycles. The largest absolute Gasteiger partial charge is 0.324 e. The number of carbonyl (C=O) groups excluding carboxylic acids is 1. The molecule has 5 rings (SSSR count). The van der Waals surface area contributed by atoms with Gasteiger partial charge in [0.15, 0.2) is 0 Å². The molecule has 1 aromatic heterocycles. The van der Waals surface area contributed by atoms with E-state index in [1.54, 1.807) is 6.07 Å². The summed E-state index contributed by atoms with van der Waals surface area (Å²) in [5, 5.41) is 3.02. The third-order valence-corrected chi connectivity index (χ3v) is 7.33. The molecule has 2 bridgehead atoms. The first-order valence-corrected chi connectivity index (χ1v) is 10.2. The Balaban J connectivity index is 1.65. The summed E-state index contributed by atoms with van der Waals surface area (Å²) in [5.74, 6) is -0.259. The second-order valence-corrected chi connectivity index (χ2v) is 9.10. The zero-order valence-corrected chi connectivity index (χ0v) is 17.2. The van der Waals surface area contributed by atoms with Crippen molar-refractivity contribution in [2.75, 3.05) is 5.32 Å². The van der Waals surface area contributed by atoms with E-state index in [0.29, 0.717) is 10.2 Å². The van der Waals surface area contributed by atoms with Crippen molar-refractivity contribution in [2.24, 2.45) is 5.41 Å². The van der Waals surface area contributed by atoms with Gasteiger partial charge in [-0.2, -0.15) is 0 Å². The number of aromatic nitrogens is 2. The Hall–Kier alpha value is -2.34. The van der Waals surface area contributed by atoms with Crippen molar-refractivity contribution in [3.63, 3.8) is 0 Å². The highest BCUT2D eigenvalue weighted by molar-refractivity contribution is 9.10. The summed E-state index contributed by atoms with van der Waals surface area (Å²) in [7, 11) is 0. The number of rotatable bonds is 2. The van der Waals surface area contributed by atoms with E-state index in [4.69, 9.17) is 9.97 Å². The predicted octanol–water partition coefficient (Wildman–Crippen LogP) is 5.33. The number of anilines is 1. The van der Waals surface area contributed by atoms with E-state index < -0.39 is 5.41 Å². The molecule has 1 amide bonds. The van der Waals surface area contributed by atoms with Gasteiger partial charge in [0.1, 0.15) is 5.82 Å².